The van der Waals surface area contributed by atoms with Crippen molar-refractivity contribution in [2.45, 2.75) is 6.92 Å². The van der Waals surface area contributed by atoms with Crippen molar-refractivity contribution in [1.82, 2.24) is 0 Å². The summed E-state index contributed by atoms with van der Waals surface area (Å²) in [5.41, 5.74) is 0.592. The lowest BCUT2D eigenvalue weighted by Crippen LogP contribution is -2.11. The molecule has 104 valence electrons. The van der Waals surface area contributed by atoms with Crippen LogP contribution in [0, 0.1) is 0 Å². The number of ether oxygens (including phenoxy) is 2. The summed E-state index contributed by atoms with van der Waals surface area (Å²) in [5.74, 6) is -0.626. The highest BCUT2D eigenvalue weighted by molar-refractivity contribution is 9.09. The van der Waals surface area contributed by atoms with E-state index < -0.39 is 5.97 Å². The fraction of sp³-hybridized carbons (Fsp3) is 0.333. The van der Waals surface area contributed by atoms with E-state index in [0.29, 0.717) is 17.6 Å². The van der Waals surface area contributed by atoms with Gasteiger partial charge in [-0.2, -0.15) is 0 Å². The zero-order chi connectivity index (χ0) is 14.4. The molecule has 0 aliphatic carbocycles. The van der Waals surface area contributed by atoms with E-state index in [1.54, 1.807) is 0 Å². The number of carbonyl (C=O) groups is 2. The van der Waals surface area contributed by atoms with E-state index >= 15 is 0 Å². The highest BCUT2D eigenvalue weighted by Crippen LogP contribution is 2.36. The van der Waals surface area contributed by atoms with Gasteiger partial charge in [0.2, 0.25) is 5.91 Å². The number of hydrogen-bond acceptors (Lipinski definition) is 4. The van der Waals surface area contributed by atoms with Crippen LogP contribution in [-0.4, -0.2) is 30.9 Å². The molecular formula is C12H13BrClNO4. The molecular weight excluding hydrogens is 337 g/mol. The first kappa shape index (κ1) is 15.8. The number of rotatable bonds is 5. The van der Waals surface area contributed by atoms with Crippen LogP contribution in [0.1, 0.15) is 17.3 Å². The highest BCUT2D eigenvalue weighted by Gasteiger charge is 2.19. The van der Waals surface area contributed by atoms with Crippen molar-refractivity contribution in [3.05, 3.63) is 22.7 Å². The first-order valence-electron chi connectivity index (χ1n) is 5.38. The Bertz CT molecular complexity index is 493. The van der Waals surface area contributed by atoms with Crippen LogP contribution in [0.3, 0.4) is 0 Å². The zero-order valence-corrected chi connectivity index (χ0v) is 12.8. The maximum absolute atomic E-state index is 11.6. The average Bonchev–Trinajstić information content (AvgIpc) is 2.38. The van der Waals surface area contributed by atoms with Gasteiger partial charge in [-0.05, 0) is 12.1 Å². The molecule has 7 heteroatoms. The second-order valence-corrected chi connectivity index (χ2v) is 4.68. The van der Waals surface area contributed by atoms with E-state index in [1.165, 1.54) is 26.2 Å². The van der Waals surface area contributed by atoms with Crippen LogP contribution in [0.4, 0.5) is 5.69 Å². The summed E-state index contributed by atoms with van der Waals surface area (Å²) in [6.07, 6.45) is 0. The molecule has 0 fully saturated rings. The minimum atomic E-state index is -0.555. The molecule has 5 nitrogen and oxygen atoms in total. The van der Waals surface area contributed by atoms with E-state index in [0.717, 1.165) is 0 Å². The quantitative estimate of drug-likeness (QED) is 0.655. The Labute approximate surface area is 124 Å². The van der Waals surface area contributed by atoms with Gasteiger partial charge in [0.05, 0.1) is 19.4 Å². The Morgan fingerprint density at radius 1 is 1.42 bits per heavy atom. The Morgan fingerprint density at radius 3 is 2.63 bits per heavy atom. The van der Waals surface area contributed by atoms with Crippen molar-refractivity contribution < 1.29 is 19.1 Å². The van der Waals surface area contributed by atoms with Crippen molar-refractivity contribution in [2.75, 3.05) is 24.4 Å². The molecule has 1 aromatic carbocycles. The molecule has 0 atom stereocenters. The molecule has 0 radical (unpaired) electrons. The predicted octanol–water partition coefficient (Wildman–Crippen LogP) is 2.86. The summed E-state index contributed by atoms with van der Waals surface area (Å²) in [4.78, 5) is 22.7. The summed E-state index contributed by atoms with van der Waals surface area (Å²) in [6.45, 7) is 1.69. The van der Waals surface area contributed by atoms with Gasteiger partial charge in [0.15, 0.2) is 5.75 Å². The Kier molecular flexibility index (Phi) is 6.11. The molecule has 0 spiro atoms. The van der Waals surface area contributed by atoms with Crippen LogP contribution in [0.15, 0.2) is 12.1 Å². The first-order chi connectivity index (χ1) is 9.01. The molecule has 0 aliphatic rings. The van der Waals surface area contributed by atoms with Gasteiger partial charge in [-0.15, -0.1) is 0 Å². The third-order valence-corrected chi connectivity index (χ3v) is 2.84. The number of methoxy groups -OCH3 is 1. The average molecular weight is 351 g/mol. The van der Waals surface area contributed by atoms with Gasteiger partial charge in [0.25, 0.3) is 0 Å². The van der Waals surface area contributed by atoms with Crippen molar-refractivity contribution >= 4 is 45.1 Å². The normalized spacial score (nSPS) is 9.89. The molecule has 0 heterocycles. The highest BCUT2D eigenvalue weighted by atomic mass is 79.9. The minimum absolute atomic E-state index is 0.166. The van der Waals surface area contributed by atoms with Gasteiger partial charge >= 0.3 is 5.97 Å². The van der Waals surface area contributed by atoms with Gasteiger partial charge in [0.1, 0.15) is 10.6 Å². The van der Waals surface area contributed by atoms with Gasteiger partial charge in [0, 0.05) is 12.3 Å². The summed E-state index contributed by atoms with van der Waals surface area (Å²) >= 11 is 9.35. The van der Waals surface area contributed by atoms with Crippen molar-refractivity contribution in [1.29, 1.82) is 0 Å². The second-order valence-electron chi connectivity index (χ2n) is 3.51. The third-order valence-electron chi connectivity index (χ3n) is 2.14. The molecule has 1 amide bonds. The van der Waals surface area contributed by atoms with Gasteiger partial charge < -0.3 is 14.8 Å². The van der Waals surface area contributed by atoms with Crippen LogP contribution < -0.4 is 10.1 Å². The maximum Gasteiger partial charge on any atom is 0.341 e. The number of benzene rings is 1. The topological polar surface area (TPSA) is 64.6 Å². The molecule has 1 N–H and O–H groups in total. The number of hydrogen-bond donors (Lipinski definition) is 1. The number of alkyl halides is 1. The number of halogens is 2. The number of anilines is 1. The molecule has 0 saturated carbocycles. The van der Waals surface area contributed by atoms with Crippen LogP contribution in [0.2, 0.25) is 5.02 Å². The van der Waals surface area contributed by atoms with Crippen LogP contribution >= 0.6 is 27.5 Å². The SMILES string of the molecule is COC(=O)c1ccc(NC(C)=O)c(Cl)c1OCCBr. The standard InChI is InChI=1S/C12H13BrClNO4/c1-7(16)15-9-4-3-8(12(17)18-2)11(10(9)14)19-6-5-13/h3-4H,5-6H2,1-2H3,(H,15,16). The molecule has 0 saturated heterocycles. The minimum Gasteiger partial charge on any atom is -0.490 e. The molecule has 0 bridgehead atoms. The lowest BCUT2D eigenvalue weighted by atomic mass is 10.1. The van der Waals surface area contributed by atoms with E-state index in [-0.39, 0.29) is 22.2 Å². The molecule has 0 aromatic heterocycles. The molecule has 1 aromatic rings. The maximum atomic E-state index is 11.6. The predicted molar refractivity (Wildman–Crippen MR) is 76.4 cm³/mol. The largest absolute Gasteiger partial charge is 0.490 e. The number of carbonyl (C=O) groups excluding carboxylic acids is 2. The van der Waals surface area contributed by atoms with Crippen LogP contribution in [0.5, 0.6) is 5.75 Å². The van der Waals surface area contributed by atoms with E-state index in [9.17, 15) is 9.59 Å². The monoisotopic (exact) mass is 349 g/mol. The number of esters is 1. The third kappa shape index (κ3) is 4.11. The van der Waals surface area contributed by atoms with Gasteiger partial charge in [-0.25, -0.2) is 4.79 Å². The van der Waals surface area contributed by atoms with Crippen molar-refractivity contribution in [3.63, 3.8) is 0 Å². The zero-order valence-electron chi connectivity index (χ0n) is 10.5. The van der Waals surface area contributed by atoms with Gasteiger partial charge in [-0.3, -0.25) is 4.79 Å². The number of nitrogens with one attached hydrogen (secondary N) is 1. The lowest BCUT2D eigenvalue weighted by molar-refractivity contribution is -0.114. The number of amides is 1. The first-order valence-corrected chi connectivity index (χ1v) is 6.88. The lowest BCUT2D eigenvalue weighted by Gasteiger charge is -2.14. The smallest absolute Gasteiger partial charge is 0.341 e. The summed E-state index contributed by atoms with van der Waals surface area (Å²) < 4.78 is 10.1. The molecule has 0 unspecified atom stereocenters. The van der Waals surface area contributed by atoms with E-state index in [1.807, 2.05) is 0 Å². The fourth-order valence-electron chi connectivity index (χ4n) is 1.39. The Balaban J connectivity index is 3.22. The Morgan fingerprint density at radius 2 is 2.11 bits per heavy atom. The molecule has 0 aliphatic heterocycles. The van der Waals surface area contributed by atoms with Crippen molar-refractivity contribution in [3.8, 4) is 5.75 Å². The van der Waals surface area contributed by atoms with Crippen LogP contribution in [-0.2, 0) is 9.53 Å². The Hall–Kier alpha value is -1.27. The van der Waals surface area contributed by atoms with E-state index in [2.05, 4.69) is 26.0 Å². The van der Waals surface area contributed by atoms with Crippen LogP contribution in [0.25, 0.3) is 0 Å². The molecule has 19 heavy (non-hydrogen) atoms. The summed E-state index contributed by atoms with van der Waals surface area (Å²) in [5, 5.41) is 3.30. The summed E-state index contributed by atoms with van der Waals surface area (Å²) in [7, 11) is 1.27. The molecule has 1 rings (SSSR count). The second kappa shape index (κ2) is 7.35. The van der Waals surface area contributed by atoms with E-state index in [4.69, 9.17) is 16.3 Å². The van der Waals surface area contributed by atoms with Crippen molar-refractivity contribution in [2.24, 2.45) is 0 Å². The van der Waals surface area contributed by atoms with Gasteiger partial charge in [-0.1, -0.05) is 27.5 Å². The summed E-state index contributed by atoms with van der Waals surface area (Å²) in [6, 6.07) is 3.02. The fourth-order valence-corrected chi connectivity index (χ4v) is 1.82.